The Morgan fingerprint density at radius 1 is 1.38 bits per heavy atom. The number of hydrogen-bond acceptors (Lipinski definition) is 5. The van der Waals surface area contributed by atoms with E-state index in [0.29, 0.717) is 26.2 Å². The Bertz CT molecular complexity index is 595. The highest BCUT2D eigenvalue weighted by Gasteiger charge is 2.20. The first kappa shape index (κ1) is 22.2. The molecule has 0 atom stereocenters. The number of aliphatic imine (C=N–C) groups is 1. The van der Waals surface area contributed by atoms with Crippen LogP contribution >= 0.6 is 11.3 Å². The minimum Gasteiger partial charge on any atom is -0.444 e. The normalized spacial score (nSPS) is 12.0. The molecule has 0 aromatic carbocycles. The fourth-order valence-electron chi connectivity index (χ4n) is 2.25. The number of carbonyl (C=O) groups is 1. The minimum atomic E-state index is -0.491. The molecular formula is C18H33N5O2S. The Kier molecular flexibility index (Phi) is 8.84. The third kappa shape index (κ3) is 8.03. The molecule has 148 valence electrons. The summed E-state index contributed by atoms with van der Waals surface area (Å²) >= 11 is 1.65. The van der Waals surface area contributed by atoms with Crippen LogP contribution in [0.4, 0.5) is 4.79 Å². The molecule has 26 heavy (non-hydrogen) atoms. The summed E-state index contributed by atoms with van der Waals surface area (Å²) in [5.74, 6) is 0.804. The van der Waals surface area contributed by atoms with Crippen LogP contribution in [0.15, 0.2) is 10.4 Å². The van der Waals surface area contributed by atoms with Gasteiger partial charge in [-0.15, -0.1) is 11.3 Å². The molecule has 0 aliphatic heterocycles. The number of hydrogen-bond donors (Lipinski definition) is 1. The van der Waals surface area contributed by atoms with Gasteiger partial charge in [0.25, 0.3) is 0 Å². The molecule has 0 radical (unpaired) electrons. The lowest BCUT2D eigenvalue weighted by Crippen LogP contribution is -2.40. The second-order valence-electron chi connectivity index (χ2n) is 7.01. The summed E-state index contributed by atoms with van der Waals surface area (Å²) in [5, 5.41) is 6.41. The largest absolute Gasteiger partial charge is 0.444 e. The molecule has 0 bridgehead atoms. The van der Waals surface area contributed by atoms with Gasteiger partial charge in [-0.2, -0.15) is 0 Å². The Labute approximate surface area is 161 Å². The molecule has 0 unspecified atom stereocenters. The van der Waals surface area contributed by atoms with Crippen LogP contribution in [0.3, 0.4) is 0 Å². The van der Waals surface area contributed by atoms with Gasteiger partial charge in [-0.05, 0) is 41.5 Å². The van der Waals surface area contributed by atoms with E-state index in [1.165, 1.54) is 0 Å². The number of thiazole rings is 1. The van der Waals surface area contributed by atoms with Crippen LogP contribution in [0, 0.1) is 6.92 Å². The summed E-state index contributed by atoms with van der Waals surface area (Å²) in [6.07, 6.45) is -0.300. The second-order valence-corrected chi connectivity index (χ2v) is 8.07. The average molecular weight is 384 g/mol. The van der Waals surface area contributed by atoms with Crippen LogP contribution in [-0.4, -0.2) is 65.7 Å². The lowest BCUT2D eigenvalue weighted by molar-refractivity contribution is 0.0266. The van der Waals surface area contributed by atoms with Crippen molar-refractivity contribution in [2.24, 2.45) is 4.99 Å². The molecule has 1 aromatic rings. The van der Waals surface area contributed by atoms with Gasteiger partial charge in [-0.25, -0.2) is 9.78 Å². The number of ether oxygens (including phenoxy) is 1. The molecule has 0 fully saturated rings. The highest BCUT2D eigenvalue weighted by Crippen LogP contribution is 2.11. The number of aryl methyl sites for hydroxylation is 1. The van der Waals surface area contributed by atoms with Gasteiger partial charge >= 0.3 is 6.09 Å². The molecule has 0 aliphatic rings. The first-order valence-electron chi connectivity index (χ1n) is 9.04. The van der Waals surface area contributed by atoms with E-state index < -0.39 is 5.60 Å². The smallest absolute Gasteiger partial charge is 0.410 e. The molecule has 1 heterocycles. The molecule has 1 N–H and O–H groups in total. The van der Waals surface area contributed by atoms with E-state index in [2.05, 4.69) is 20.7 Å². The number of likely N-dealkylation sites (N-methyl/N-ethyl adjacent to an activating group) is 1. The molecule has 0 aliphatic carbocycles. The summed E-state index contributed by atoms with van der Waals surface area (Å²) < 4.78 is 5.43. The van der Waals surface area contributed by atoms with Crippen molar-refractivity contribution in [2.45, 2.75) is 53.7 Å². The monoisotopic (exact) mass is 383 g/mol. The molecule has 1 amide bonds. The Morgan fingerprint density at radius 3 is 2.58 bits per heavy atom. The summed E-state index contributed by atoms with van der Waals surface area (Å²) in [6, 6.07) is 0. The van der Waals surface area contributed by atoms with E-state index in [0.717, 1.165) is 23.2 Å². The van der Waals surface area contributed by atoms with Gasteiger partial charge in [-0.3, -0.25) is 4.99 Å². The van der Waals surface area contributed by atoms with Crippen molar-refractivity contribution < 1.29 is 9.53 Å². The lowest BCUT2D eigenvalue weighted by Gasteiger charge is -2.26. The third-order valence-electron chi connectivity index (χ3n) is 3.43. The summed E-state index contributed by atoms with van der Waals surface area (Å²) in [5.41, 5.74) is 0.540. The number of aromatic nitrogens is 1. The predicted molar refractivity (Wildman–Crippen MR) is 108 cm³/mol. The fraction of sp³-hybridized carbons (Fsp3) is 0.722. The average Bonchev–Trinajstić information content (AvgIpc) is 2.93. The van der Waals surface area contributed by atoms with Gasteiger partial charge in [0.05, 0.1) is 23.8 Å². The van der Waals surface area contributed by atoms with Gasteiger partial charge in [0.2, 0.25) is 0 Å². The van der Waals surface area contributed by atoms with Crippen LogP contribution in [-0.2, 0) is 11.3 Å². The maximum Gasteiger partial charge on any atom is 0.410 e. The standard InChI is InChI=1S/C18H33N5O2S/c1-8-19-16(22(7)12-15-13-26-14(3)21-15)20-10-11-23(9-2)17(24)25-18(4,5)6/h13H,8-12H2,1-7H3,(H,19,20). The number of amides is 1. The van der Waals surface area contributed by atoms with Crippen LogP contribution in [0.1, 0.15) is 45.3 Å². The molecule has 0 spiro atoms. The van der Waals surface area contributed by atoms with Crippen molar-refractivity contribution in [3.8, 4) is 0 Å². The SMILES string of the molecule is CCNC(=NCCN(CC)C(=O)OC(C)(C)C)N(C)Cc1csc(C)n1. The Balaban J connectivity index is 2.65. The summed E-state index contributed by atoms with van der Waals surface area (Å²) in [6.45, 7) is 14.7. The number of carbonyl (C=O) groups excluding carboxylic acids is 1. The molecule has 1 aromatic heterocycles. The lowest BCUT2D eigenvalue weighted by atomic mass is 10.2. The van der Waals surface area contributed by atoms with Crippen LogP contribution in [0.2, 0.25) is 0 Å². The van der Waals surface area contributed by atoms with Crippen molar-refractivity contribution >= 4 is 23.4 Å². The van der Waals surface area contributed by atoms with Crippen LogP contribution in [0.5, 0.6) is 0 Å². The van der Waals surface area contributed by atoms with Crippen LogP contribution < -0.4 is 5.32 Å². The number of nitrogens with one attached hydrogen (secondary N) is 1. The summed E-state index contributed by atoms with van der Waals surface area (Å²) in [4.78, 5) is 25.0. The molecule has 0 saturated carbocycles. The molecule has 8 heteroatoms. The zero-order valence-electron chi connectivity index (χ0n) is 17.1. The quantitative estimate of drug-likeness (QED) is 0.579. The van der Waals surface area contributed by atoms with Gasteiger partial charge in [0.1, 0.15) is 5.60 Å². The maximum absolute atomic E-state index is 12.2. The topological polar surface area (TPSA) is 70.1 Å². The second kappa shape index (κ2) is 10.4. The Morgan fingerprint density at radius 2 is 2.08 bits per heavy atom. The van der Waals surface area contributed by atoms with E-state index in [1.807, 2.05) is 53.5 Å². The number of nitrogens with zero attached hydrogens (tertiary/aromatic N) is 4. The Hall–Kier alpha value is -1.83. The van der Waals surface area contributed by atoms with Crippen molar-refractivity contribution in [2.75, 3.05) is 33.2 Å². The highest BCUT2D eigenvalue weighted by molar-refractivity contribution is 7.09. The first-order chi connectivity index (χ1) is 12.2. The maximum atomic E-state index is 12.2. The third-order valence-corrected chi connectivity index (χ3v) is 4.25. The van der Waals surface area contributed by atoms with Gasteiger partial charge in [0, 0.05) is 32.1 Å². The molecule has 1 rings (SSSR count). The number of guanidine groups is 1. The molecular weight excluding hydrogens is 350 g/mol. The number of rotatable bonds is 7. The minimum absolute atomic E-state index is 0.300. The van der Waals surface area contributed by atoms with Crippen molar-refractivity contribution in [3.05, 3.63) is 16.1 Å². The van der Waals surface area contributed by atoms with E-state index in [1.54, 1.807) is 16.2 Å². The molecule has 7 nitrogen and oxygen atoms in total. The van der Waals surface area contributed by atoms with Crippen molar-refractivity contribution in [3.63, 3.8) is 0 Å². The highest BCUT2D eigenvalue weighted by atomic mass is 32.1. The van der Waals surface area contributed by atoms with E-state index in [-0.39, 0.29) is 6.09 Å². The fourth-order valence-corrected chi connectivity index (χ4v) is 2.85. The molecule has 0 saturated heterocycles. The van der Waals surface area contributed by atoms with Crippen molar-refractivity contribution in [1.82, 2.24) is 20.1 Å². The van der Waals surface area contributed by atoms with E-state index in [4.69, 9.17) is 4.74 Å². The zero-order chi connectivity index (χ0) is 19.7. The van der Waals surface area contributed by atoms with E-state index >= 15 is 0 Å². The zero-order valence-corrected chi connectivity index (χ0v) is 17.9. The van der Waals surface area contributed by atoms with Crippen LogP contribution in [0.25, 0.3) is 0 Å². The van der Waals surface area contributed by atoms with Gasteiger partial charge in [-0.1, -0.05) is 0 Å². The van der Waals surface area contributed by atoms with Gasteiger partial charge in [0.15, 0.2) is 5.96 Å². The van der Waals surface area contributed by atoms with Gasteiger partial charge < -0.3 is 19.9 Å². The summed E-state index contributed by atoms with van der Waals surface area (Å²) in [7, 11) is 1.99. The predicted octanol–water partition coefficient (Wildman–Crippen LogP) is 3.11. The first-order valence-corrected chi connectivity index (χ1v) is 9.92. The van der Waals surface area contributed by atoms with Crippen molar-refractivity contribution in [1.29, 1.82) is 0 Å². The van der Waals surface area contributed by atoms with E-state index in [9.17, 15) is 4.79 Å².